The van der Waals surface area contributed by atoms with Gasteiger partial charge < -0.3 is 5.32 Å². The summed E-state index contributed by atoms with van der Waals surface area (Å²) in [7, 11) is 0. The van der Waals surface area contributed by atoms with Gasteiger partial charge in [-0.05, 0) is 60.6 Å². The van der Waals surface area contributed by atoms with Crippen LogP contribution in [0.15, 0.2) is 42.5 Å². The maximum atomic E-state index is 13.2. The second kappa shape index (κ2) is 5.04. The topological polar surface area (TPSA) is 12.0 Å². The SMILES string of the molecule is Cc1cc(NCc2ccccc2C2CC2)ccc1F. The molecule has 98 valence electrons. The molecule has 0 unspecified atom stereocenters. The molecule has 1 aliphatic rings. The van der Waals surface area contributed by atoms with Gasteiger partial charge in [-0.15, -0.1) is 0 Å². The molecule has 1 aliphatic carbocycles. The minimum absolute atomic E-state index is 0.149. The molecule has 1 nitrogen and oxygen atoms in total. The second-order valence-electron chi connectivity index (χ2n) is 5.29. The van der Waals surface area contributed by atoms with E-state index in [1.165, 1.54) is 30.0 Å². The summed E-state index contributed by atoms with van der Waals surface area (Å²) in [6, 6.07) is 13.8. The summed E-state index contributed by atoms with van der Waals surface area (Å²) in [4.78, 5) is 0. The van der Waals surface area contributed by atoms with E-state index >= 15 is 0 Å². The number of aryl methyl sites for hydroxylation is 1. The van der Waals surface area contributed by atoms with Gasteiger partial charge in [-0.25, -0.2) is 4.39 Å². The number of anilines is 1. The molecule has 0 aliphatic heterocycles. The first-order valence-corrected chi connectivity index (χ1v) is 6.82. The van der Waals surface area contributed by atoms with Gasteiger partial charge in [0.1, 0.15) is 5.82 Å². The highest BCUT2D eigenvalue weighted by atomic mass is 19.1. The fourth-order valence-corrected chi connectivity index (χ4v) is 2.44. The third kappa shape index (κ3) is 2.78. The maximum Gasteiger partial charge on any atom is 0.126 e. The third-order valence-electron chi connectivity index (χ3n) is 3.71. The van der Waals surface area contributed by atoms with Crippen LogP contribution in [0.3, 0.4) is 0 Å². The van der Waals surface area contributed by atoms with E-state index in [-0.39, 0.29) is 5.82 Å². The standard InChI is InChI=1S/C17H18FN/c1-12-10-15(8-9-17(12)18)19-11-14-4-2-3-5-16(14)13-6-7-13/h2-5,8-10,13,19H,6-7,11H2,1H3. The van der Waals surface area contributed by atoms with Crippen molar-refractivity contribution in [1.29, 1.82) is 0 Å². The van der Waals surface area contributed by atoms with Crippen molar-refractivity contribution in [2.24, 2.45) is 0 Å². The van der Waals surface area contributed by atoms with Crippen LogP contribution in [0, 0.1) is 12.7 Å². The van der Waals surface area contributed by atoms with Crippen molar-refractivity contribution in [2.75, 3.05) is 5.32 Å². The zero-order valence-electron chi connectivity index (χ0n) is 11.1. The molecule has 0 radical (unpaired) electrons. The molecule has 0 aromatic heterocycles. The predicted molar refractivity (Wildman–Crippen MR) is 76.9 cm³/mol. The van der Waals surface area contributed by atoms with Crippen LogP contribution in [-0.4, -0.2) is 0 Å². The summed E-state index contributed by atoms with van der Waals surface area (Å²) in [5.74, 6) is 0.608. The van der Waals surface area contributed by atoms with Crippen LogP contribution < -0.4 is 5.32 Å². The Kier molecular flexibility index (Phi) is 3.24. The maximum absolute atomic E-state index is 13.2. The summed E-state index contributed by atoms with van der Waals surface area (Å²) >= 11 is 0. The van der Waals surface area contributed by atoms with Gasteiger partial charge in [0, 0.05) is 12.2 Å². The summed E-state index contributed by atoms with van der Waals surface area (Å²) in [5, 5.41) is 3.39. The van der Waals surface area contributed by atoms with Crippen LogP contribution in [0.4, 0.5) is 10.1 Å². The Hall–Kier alpha value is -1.83. The van der Waals surface area contributed by atoms with Gasteiger partial charge in [0.15, 0.2) is 0 Å². The highest BCUT2D eigenvalue weighted by molar-refractivity contribution is 5.47. The lowest BCUT2D eigenvalue weighted by Gasteiger charge is -2.11. The van der Waals surface area contributed by atoms with Crippen LogP contribution in [0.5, 0.6) is 0 Å². The van der Waals surface area contributed by atoms with E-state index < -0.39 is 0 Å². The minimum atomic E-state index is -0.149. The van der Waals surface area contributed by atoms with E-state index in [0.717, 1.165) is 18.2 Å². The molecule has 0 amide bonds. The minimum Gasteiger partial charge on any atom is -0.381 e. The molecule has 1 saturated carbocycles. The van der Waals surface area contributed by atoms with Gasteiger partial charge in [0.05, 0.1) is 0 Å². The molecule has 0 saturated heterocycles. The zero-order chi connectivity index (χ0) is 13.2. The summed E-state index contributed by atoms with van der Waals surface area (Å²) in [5.41, 5.74) is 4.48. The Morgan fingerprint density at radius 1 is 1.16 bits per heavy atom. The molecule has 1 fully saturated rings. The number of halogens is 1. The lowest BCUT2D eigenvalue weighted by molar-refractivity contribution is 0.618. The lowest BCUT2D eigenvalue weighted by Crippen LogP contribution is -2.02. The molecule has 2 aromatic carbocycles. The number of nitrogens with one attached hydrogen (secondary N) is 1. The van der Waals surface area contributed by atoms with Gasteiger partial charge in [-0.3, -0.25) is 0 Å². The van der Waals surface area contributed by atoms with E-state index in [1.807, 2.05) is 6.07 Å². The molecule has 1 N–H and O–H groups in total. The largest absolute Gasteiger partial charge is 0.381 e. The molecule has 0 bridgehead atoms. The third-order valence-corrected chi connectivity index (χ3v) is 3.71. The van der Waals surface area contributed by atoms with Crippen molar-refractivity contribution in [3.63, 3.8) is 0 Å². The van der Waals surface area contributed by atoms with Crippen molar-refractivity contribution in [3.8, 4) is 0 Å². The molecular formula is C17H18FN. The van der Waals surface area contributed by atoms with Crippen molar-refractivity contribution in [3.05, 3.63) is 65.0 Å². The first-order valence-electron chi connectivity index (χ1n) is 6.82. The van der Waals surface area contributed by atoms with E-state index in [0.29, 0.717) is 5.56 Å². The van der Waals surface area contributed by atoms with Gasteiger partial charge in [0.2, 0.25) is 0 Å². The summed E-state index contributed by atoms with van der Waals surface area (Å²) in [6.45, 7) is 2.59. The second-order valence-corrected chi connectivity index (χ2v) is 5.29. The van der Waals surface area contributed by atoms with E-state index in [9.17, 15) is 4.39 Å². The van der Waals surface area contributed by atoms with Gasteiger partial charge in [-0.2, -0.15) is 0 Å². The number of benzene rings is 2. The quantitative estimate of drug-likeness (QED) is 0.840. The van der Waals surface area contributed by atoms with Crippen molar-refractivity contribution in [1.82, 2.24) is 0 Å². The Morgan fingerprint density at radius 2 is 1.95 bits per heavy atom. The molecule has 0 heterocycles. The van der Waals surface area contributed by atoms with Crippen molar-refractivity contribution < 1.29 is 4.39 Å². The molecule has 19 heavy (non-hydrogen) atoms. The Labute approximate surface area is 113 Å². The van der Waals surface area contributed by atoms with Gasteiger partial charge >= 0.3 is 0 Å². The Morgan fingerprint density at radius 3 is 2.68 bits per heavy atom. The molecule has 3 rings (SSSR count). The first kappa shape index (κ1) is 12.2. The van der Waals surface area contributed by atoms with E-state index in [4.69, 9.17) is 0 Å². The van der Waals surface area contributed by atoms with E-state index in [1.54, 1.807) is 13.0 Å². The first-order chi connectivity index (χ1) is 9.24. The van der Waals surface area contributed by atoms with Crippen LogP contribution >= 0.6 is 0 Å². The molecule has 2 aromatic rings. The summed E-state index contributed by atoms with van der Waals surface area (Å²) < 4.78 is 13.2. The molecule has 0 atom stereocenters. The normalized spacial score (nSPS) is 14.4. The molecule has 0 spiro atoms. The number of hydrogen-bond donors (Lipinski definition) is 1. The van der Waals surface area contributed by atoms with Crippen molar-refractivity contribution in [2.45, 2.75) is 32.2 Å². The highest BCUT2D eigenvalue weighted by Gasteiger charge is 2.25. The fourth-order valence-electron chi connectivity index (χ4n) is 2.44. The lowest BCUT2D eigenvalue weighted by atomic mass is 10.0. The van der Waals surface area contributed by atoms with Crippen LogP contribution in [0.25, 0.3) is 0 Å². The smallest absolute Gasteiger partial charge is 0.126 e. The average Bonchev–Trinajstić information content (AvgIpc) is 3.25. The fraction of sp³-hybridized carbons (Fsp3) is 0.294. The molecular weight excluding hydrogens is 237 g/mol. The zero-order valence-corrected chi connectivity index (χ0v) is 11.1. The van der Waals surface area contributed by atoms with Gasteiger partial charge in [0.25, 0.3) is 0 Å². The average molecular weight is 255 g/mol. The Bertz CT molecular complexity index is 588. The Balaban J connectivity index is 1.73. The highest BCUT2D eigenvalue weighted by Crippen LogP contribution is 2.41. The van der Waals surface area contributed by atoms with Gasteiger partial charge in [-0.1, -0.05) is 24.3 Å². The summed E-state index contributed by atoms with van der Waals surface area (Å²) in [6.07, 6.45) is 2.62. The molecule has 2 heteroatoms. The number of rotatable bonds is 4. The van der Waals surface area contributed by atoms with Crippen LogP contribution in [0.2, 0.25) is 0 Å². The monoisotopic (exact) mass is 255 g/mol. The van der Waals surface area contributed by atoms with E-state index in [2.05, 4.69) is 29.6 Å². The number of hydrogen-bond acceptors (Lipinski definition) is 1. The van der Waals surface area contributed by atoms with Crippen LogP contribution in [-0.2, 0) is 6.54 Å². The van der Waals surface area contributed by atoms with Crippen LogP contribution in [0.1, 0.15) is 35.4 Å². The van der Waals surface area contributed by atoms with Crippen molar-refractivity contribution >= 4 is 5.69 Å². The predicted octanol–water partition coefficient (Wildman–Crippen LogP) is 4.62.